The number of hydrogen-bond donors (Lipinski definition) is 3. The lowest BCUT2D eigenvalue weighted by molar-refractivity contribution is -0.131. The van der Waals surface area contributed by atoms with Gasteiger partial charge in [-0.3, -0.25) is 0 Å². The van der Waals surface area contributed by atoms with Crippen LogP contribution in [0.3, 0.4) is 0 Å². The minimum atomic E-state index is -0.981. The topological polar surface area (TPSA) is 87.0 Å². The molecule has 2 atom stereocenters. The second-order valence-electron chi connectivity index (χ2n) is 3.25. The predicted octanol–water partition coefficient (Wildman–Crippen LogP) is 0.166. The largest absolute Gasteiger partial charge is 0.478 e. The van der Waals surface area contributed by atoms with E-state index in [2.05, 4.69) is 6.58 Å². The highest BCUT2D eigenvalue weighted by Gasteiger charge is 2.18. The van der Waals surface area contributed by atoms with Gasteiger partial charge in [0, 0.05) is 19.1 Å². The average Bonchev–Trinajstić information content (AvgIpc) is 2.71. The SMILES string of the molecule is C=CC(=O)O.OCC(O)CC1CCCO1. The van der Waals surface area contributed by atoms with Gasteiger partial charge in [0.25, 0.3) is 0 Å². The summed E-state index contributed by atoms with van der Waals surface area (Å²) in [6.07, 6.45) is 3.11. The molecule has 0 amide bonds. The Morgan fingerprint density at radius 2 is 2.27 bits per heavy atom. The van der Waals surface area contributed by atoms with E-state index in [1.807, 2.05) is 0 Å². The van der Waals surface area contributed by atoms with E-state index >= 15 is 0 Å². The Kier molecular flexibility index (Phi) is 7.89. The number of rotatable bonds is 4. The van der Waals surface area contributed by atoms with Crippen LogP contribution in [0.25, 0.3) is 0 Å². The molecule has 0 bridgehead atoms. The summed E-state index contributed by atoms with van der Waals surface area (Å²) in [7, 11) is 0. The smallest absolute Gasteiger partial charge is 0.327 e. The van der Waals surface area contributed by atoms with Crippen molar-refractivity contribution in [2.45, 2.75) is 31.5 Å². The Labute approximate surface area is 89.0 Å². The van der Waals surface area contributed by atoms with Crippen LogP contribution in [0.15, 0.2) is 12.7 Å². The predicted molar refractivity (Wildman–Crippen MR) is 54.5 cm³/mol. The third kappa shape index (κ3) is 8.11. The average molecular weight is 218 g/mol. The van der Waals surface area contributed by atoms with Crippen molar-refractivity contribution >= 4 is 5.97 Å². The van der Waals surface area contributed by atoms with E-state index < -0.39 is 12.1 Å². The highest BCUT2D eigenvalue weighted by atomic mass is 16.5. The molecule has 1 fully saturated rings. The number of aliphatic carboxylic acids is 1. The van der Waals surface area contributed by atoms with Gasteiger partial charge in [-0.15, -0.1) is 0 Å². The number of carbonyl (C=O) groups is 1. The molecular weight excluding hydrogens is 200 g/mol. The molecule has 0 aliphatic carbocycles. The summed E-state index contributed by atoms with van der Waals surface area (Å²) in [5.74, 6) is -0.981. The van der Waals surface area contributed by atoms with Gasteiger partial charge >= 0.3 is 5.97 Å². The van der Waals surface area contributed by atoms with Crippen molar-refractivity contribution in [3.63, 3.8) is 0 Å². The minimum absolute atomic E-state index is 0.153. The normalized spacial score (nSPS) is 21.3. The Hall–Kier alpha value is -0.910. The van der Waals surface area contributed by atoms with Gasteiger partial charge < -0.3 is 20.1 Å². The van der Waals surface area contributed by atoms with Gasteiger partial charge in [0.05, 0.1) is 18.8 Å². The maximum absolute atomic E-state index is 9.25. The van der Waals surface area contributed by atoms with E-state index in [0.29, 0.717) is 6.42 Å². The molecule has 0 aromatic carbocycles. The summed E-state index contributed by atoms with van der Waals surface area (Å²) >= 11 is 0. The summed E-state index contributed by atoms with van der Waals surface area (Å²) in [5.41, 5.74) is 0. The molecule has 1 aliphatic rings. The van der Waals surface area contributed by atoms with E-state index in [1.165, 1.54) is 0 Å². The first kappa shape index (κ1) is 14.1. The zero-order valence-electron chi connectivity index (χ0n) is 8.63. The van der Waals surface area contributed by atoms with Crippen molar-refractivity contribution in [1.82, 2.24) is 0 Å². The first-order valence-electron chi connectivity index (χ1n) is 4.86. The summed E-state index contributed by atoms with van der Waals surface area (Å²) in [4.78, 5) is 9.25. The maximum Gasteiger partial charge on any atom is 0.327 e. The molecule has 5 heteroatoms. The fraction of sp³-hybridized carbons (Fsp3) is 0.700. The zero-order valence-corrected chi connectivity index (χ0v) is 8.63. The summed E-state index contributed by atoms with van der Waals surface area (Å²) in [6.45, 7) is 3.62. The van der Waals surface area contributed by atoms with Crippen LogP contribution in [0.4, 0.5) is 0 Å². The Balaban J connectivity index is 0.000000336. The molecule has 2 unspecified atom stereocenters. The fourth-order valence-corrected chi connectivity index (χ4v) is 1.21. The summed E-state index contributed by atoms with van der Waals surface area (Å²) < 4.78 is 5.25. The summed E-state index contributed by atoms with van der Waals surface area (Å²) in [5, 5.41) is 25.1. The van der Waals surface area contributed by atoms with Crippen LogP contribution in [-0.4, -0.2) is 46.7 Å². The molecule has 1 rings (SSSR count). The lowest BCUT2D eigenvalue weighted by atomic mass is 10.1. The molecule has 0 aromatic heterocycles. The third-order valence-electron chi connectivity index (χ3n) is 1.94. The zero-order chi connectivity index (χ0) is 11.7. The monoisotopic (exact) mass is 218 g/mol. The van der Waals surface area contributed by atoms with Crippen molar-refractivity contribution in [1.29, 1.82) is 0 Å². The fourth-order valence-electron chi connectivity index (χ4n) is 1.21. The Bertz CT molecular complexity index is 186. The lowest BCUT2D eigenvalue weighted by Gasteiger charge is -2.11. The van der Waals surface area contributed by atoms with Gasteiger partial charge in [-0.25, -0.2) is 4.79 Å². The number of hydrogen-bond acceptors (Lipinski definition) is 4. The van der Waals surface area contributed by atoms with Crippen LogP contribution in [-0.2, 0) is 9.53 Å². The van der Waals surface area contributed by atoms with Gasteiger partial charge in [0.15, 0.2) is 0 Å². The van der Waals surface area contributed by atoms with E-state index in [-0.39, 0.29) is 12.7 Å². The van der Waals surface area contributed by atoms with Crippen LogP contribution in [0, 0.1) is 0 Å². The number of ether oxygens (including phenoxy) is 1. The Morgan fingerprint density at radius 3 is 2.60 bits per heavy atom. The van der Waals surface area contributed by atoms with E-state index in [9.17, 15) is 4.79 Å². The number of aliphatic hydroxyl groups is 2. The van der Waals surface area contributed by atoms with Crippen LogP contribution in [0.2, 0.25) is 0 Å². The van der Waals surface area contributed by atoms with E-state index in [1.54, 1.807) is 0 Å². The molecule has 1 saturated heterocycles. The number of carboxylic acids is 1. The second kappa shape index (κ2) is 8.40. The maximum atomic E-state index is 9.25. The molecule has 0 saturated carbocycles. The lowest BCUT2D eigenvalue weighted by Crippen LogP contribution is -2.19. The summed E-state index contributed by atoms with van der Waals surface area (Å²) in [6, 6.07) is 0. The molecule has 5 nitrogen and oxygen atoms in total. The molecule has 15 heavy (non-hydrogen) atoms. The highest BCUT2D eigenvalue weighted by Crippen LogP contribution is 2.16. The van der Waals surface area contributed by atoms with Crippen LogP contribution >= 0.6 is 0 Å². The number of aliphatic hydroxyl groups excluding tert-OH is 2. The number of carboxylic acid groups (broad SMARTS) is 1. The Morgan fingerprint density at radius 1 is 1.67 bits per heavy atom. The first-order chi connectivity index (χ1) is 7.10. The molecule has 0 spiro atoms. The van der Waals surface area contributed by atoms with Gasteiger partial charge in [-0.1, -0.05) is 6.58 Å². The standard InChI is InChI=1S/C7H14O3.C3H4O2/c8-5-6(9)4-7-2-1-3-10-7;1-2-3(4)5/h6-9H,1-5H2;2H,1H2,(H,4,5). The molecule has 0 radical (unpaired) electrons. The van der Waals surface area contributed by atoms with Crippen molar-refractivity contribution in [2.75, 3.05) is 13.2 Å². The quantitative estimate of drug-likeness (QED) is 0.585. The third-order valence-corrected chi connectivity index (χ3v) is 1.94. The van der Waals surface area contributed by atoms with Crippen molar-refractivity contribution in [2.24, 2.45) is 0 Å². The van der Waals surface area contributed by atoms with Gasteiger partial charge in [0.2, 0.25) is 0 Å². The van der Waals surface area contributed by atoms with Gasteiger partial charge in [-0.05, 0) is 12.8 Å². The van der Waals surface area contributed by atoms with Crippen LogP contribution < -0.4 is 0 Å². The molecule has 1 heterocycles. The van der Waals surface area contributed by atoms with Gasteiger partial charge in [0.1, 0.15) is 0 Å². The highest BCUT2D eigenvalue weighted by molar-refractivity contribution is 5.78. The van der Waals surface area contributed by atoms with Gasteiger partial charge in [-0.2, -0.15) is 0 Å². The van der Waals surface area contributed by atoms with Crippen LogP contribution in [0.5, 0.6) is 0 Å². The molecule has 0 aromatic rings. The minimum Gasteiger partial charge on any atom is -0.478 e. The van der Waals surface area contributed by atoms with E-state index in [4.69, 9.17) is 20.1 Å². The first-order valence-corrected chi connectivity index (χ1v) is 4.86. The van der Waals surface area contributed by atoms with Crippen molar-refractivity contribution in [3.05, 3.63) is 12.7 Å². The van der Waals surface area contributed by atoms with Crippen LogP contribution in [0.1, 0.15) is 19.3 Å². The molecule has 3 N–H and O–H groups in total. The van der Waals surface area contributed by atoms with E-state index in [0.717, 1.165) is 25.5 Å². The van der Waals surface area contributed by atoms with Crippen molar-refractivity contribution in [3.8, 4) is 0 Å². The van der Waals surface area contributed by atoms with Crippen molar-refractivity contribution < 1.29 is 24.9 Å². The molecule has 1 aliphatic heterocycles. The molecular formula is C10H18O5. The second-order valence-corrected chi connectivity index (χ2v) is 3.25. The molecule has 88 valence electrons.